The zero-order chi connectivity index (χ0) is 18.7. The van der Waals surface area contributed by atoms with Crippen LogP contribution in [0.15, 0.2) is 0 Å². The zero-order valence-electron chi connectivity index (χ0n) is 15.2. The molecule has 4 N–H and O–H groups in total. The Morgan fingerprint density at radius 2 is 1.04 bits per heavy atom. The number of aliphatic carboxylic acids is 2. The number of carbonyl (C=O) groups excluding carboxylic acids is 1. The Bertz CT molecular complexity index is 384. The van der Waals surface area contributed by atoms with Crippen molar-refractivity contribution in [2.24, 2.45) is 23.7 Å². The fourth-order valence-electron chi connectivity index (χ4n) is 2.84. The van der Waals surface area contributed by atoms with Crippen LogP contribution in [-0.4, -0.2) is 100 Å². The Kier molecular flexibility index (Phi) is 20.6. The van der Waals surface area contributed by atoms with E-state index in [-0.39, 0.29) is 89.8 Å². The SMILES string of the molecule is CC(C)CC(CNC(=O)NCC(CC(=O)O)CC(C)C)CC(=O)O.[NaH].[NaH]. The van der Waals surface area contributed by atoms with Crippen LogP contribution in [0.3, 0.4) is 0 Å². The molecule has 2 atom stereocenters. The first-order valence-corrected chi connectivity index (χ1v) is 8.55. The van der Waals surface area contributed by atoms with E-state index in [0.717, 1.165) is 12.8 Å². The first kappa shape index (κ1) is 30.9. The van der Waals surface area contributed by atoms with Crippen LogP contribution in [0.1, 0.15) is 53.4 Å². The molecule has 9 heteroatoms. The van der Waals surface area contributed by atoms with Gasteiger partial charge in [-0.15, -0.1) is 0 Å². The number of rotatable bonds is 12. The number of hydrogen-bond acceptors (Lipinski definition) is 3. The van der Waals surface area contributed by atoms with Gasteiger partial charge in [0.2, 0.25) is 0 Å². The molecule has 0 fully saturated rings. The molecule has 7 nitrogen and oxygen atoms in total. The van der Waals surface area contributed by atoms with Gasteiger partial charge in [-0.1, -0.05) is 27.7 Å². The van der Waals surface area contributed by atoms with E-state index in [4.69, 9.17) is 10.2 Å². The second kappa shape index (κ2) is 17.3. The number of amides is 2. The third-order valence-corrected chi connectivity index (χ3v) is 3.64. The molecular weight excluding hydrogens is 358 g/mol. The van der Waals surface area contributed by atoms with Crippen molar-refractivity contribution in [3.63, 3.8) is 0 Å². The van der Waals surface area contributed by atoms with Crippen LogP contribution in [0.25, 0.3) is 0 Å². The van der Waals surface area contributed by atoms with E-state index >= 15 is 0 Å². The summed E-state index contributed by atoms with van der Waals surface area (Å²) in [6, 6.07) is -0.381. The van der Waals surface area contributed by atoms with Crippen LogP contribution >= 0.6 is 0 Å². The van der Waals surface area contributed by atoms with Crippen molar-refractivity contribution < 1.29 is 24.6 Å². The molecule has 0 spiro atoms. The van der Waals surface area contributed by atoms with E-state index in [1.165, 1.54) is 0 Å². The van der Waals surface area contributed by atoms with Crippen LogP contribution in [-0.2, 0) is 9.59 Å². The van der Waals surface area contributed by atoms with Crippen molar-refractivity contribution >= 4 is 77.1 Å². The average molecular weight is 392 g/mol. The van der Waals surface area contributed by atoms with Crippen LogP contribution in [0.5, 0.6) is 0 Å². The van der Waals surface area contributed by atoms with Crippen molar-refractivity contribution in [3.8, 4) is 0 Å². The van der Waals surface area contributed by atoms with E-state index in [0.29, 0.717) is 24.9 Å². The van der Waals surface area contributed by atoms with Crippen molar-refractivity contribution in [1.29, 1.82) is 0 Å². The summed E-state index contributed by atoms with van der Waals surface area (Å²) in [6.45, 7) is 8.64. The van der Waals surface area contributed by atoms with Gasteiger partial charge in [0.25, 0.3) is 0 Å². The molecule has 0 heterocycles. The van der Waals surface area contributed by atoms with Gasteiger partial charge in [-0.05, 0) is 36.5 Å². The number of carbonyl (C=O) groups is 3. The van der Waals surface area contributed by atoms with Crippen LogP contribution in [0, 0.1) is 23.7 Å². The Morgan fingerprint density at radius 1 is 0.731 bits per heavy atom. The second-order valence-electron chi connectivity index (χ2n) is 7.28. The predicted octanol–water partition coefficient (Wildman–Crippen LogP) is 1.26. The molecule has 2 unspecified atom stereocenters. The monoisotopic (exact) mass is 392 g/mol. The molecule has 0 aromatic heterocycles. The van der Waals surface area contributed by atoms with Crippen molar-refractivity contribution in [2.45, 2.75) is 53.4 Å². The molecule has 0 aliphatic rings. The topological polar surface area (TPSA) is 116 Å². The molecule has 26 heavy (non-hydrogen) atoms. The summed E-state index contributed by atoms with van der Waals surface area (Å²) in [7, 11) is 0. The molecule has 0 aliphatic carbocycles. The molecule has 144 valence electrons. The van der Waals surface area contributed by atoms with Crippen LogP contribution < -0.4 is 10.6 Å². The summed E-state index contributed by atoms with van der Waals surface area (Å²) >= 11 is 0. The quantitative estimate of drug-likeness (QED) is 0.373. The molecular formula is C17H34N2Na2O5. The summed E-state index contributed by atoms with van der Waals surface area (Å²) in [4.78, 5) is 33.6. The third kappa shape index (κ3) is 19.0. The molecule has 0 bridgehead atoms. The average Bonchev–Trinajstić information content (AvgIpc) is 2.39. The first-order valence-electron chi connectivity index (χ1n) is 8.55. The van der Waals surface area contributed by atoms with Gasteiger partial charge >= 0.3 is 77.1 Å². The van der Waals surface area contributed by atoms with E-state index in [1.54, 1.807) is 0 Å². The first-order chi connectivity index (χ1) is 11.1. The molecule has 0 aromatic carbocycles. The summed E-state index contributed by atoms with van der Waals surface area (Å²) in [5.41, 5.74) is 0. The van der Waals surface area contributed by atoms with Gasteiger partial charge in [0, 0.05) is 25.9 Å². The Morgan fingerprint density at radius 3 is 1.27 bits per heavy atom. The normalized spacial score (nSPS) is 12.5. The van der Waals surface area contributed by atoms with Gasteiger partial charge in [-0.3, -0.25) is 9.59 Å². The number of carboxylic acids is 2. The Hall–Kier alpha value is 0.210. The van der Waals surface area contributed by atoms with Crippen LogP contribution in [0.2, 0.25) is 0 Å². The molecule has 0 rings (SSSR count). The molecule has 0 saturated heterocycles. The van der Waals surface area contributed by atoms with Gasteiger partial charge in [0.1, 0.15) is 0 Å². The van der Waals surface area contributed by atoms with Gasteiger partial charge in [0.15, 0.2) is 0 Å². The fraction of sp³-hybridized carbons (Fsp3) is 0.824. The van der Waals surface area contributed by atoms with Gasteiger partial charge in [-0.25, -0.2) is 4.79 Å². The predicted molar refractivity (Wildman–Crippen MR) is 106 cm³/mol. The summed E-state index contributed by atoms with van der Waals surface area (Å²) < 4.78 is 0. The number of hydrogen-bond donors (Lipinski definition) is 4. The molecule has 0 saturated carbocycles. The van der Waals surface area contributed by atoms with Gasteiger partial charge in [0.05, 0.1) is 0 Å². The summed E-state index contributed by atoms with van der Waals surface area (Å²) in [6.07, 6.45) is 1.49. The minimum absolute atomic E-state index is 0. The van der Waals surface area contributed by atoms with Crippen LogP contribution in [0.4, 0.5) is 4.79 Å². The van der Waals surface area contributed by atoms with E-state index in [2.05, 4.69) is 10.6 Å². The zero-order valence-corrected chi connectivity index (χ0v) is 15.2. The number of nitrogens with one attached hydrogen (secondary N) is 2. The molecule has 0 aliphatic heterocycles. The summed E-state index contributed by atoms with van der Waals surface area (Å²) in [5, 5.41) is 23.2. The van der Waals surface area contributed by atoms with E-state index in [9.17, 15) is 14.4 Å². The Balaban J connectivity index is -0.00000264. The minimum atomic E-state index is -0.874. The van der Waals surface area contributed by atoms with Gasteiger partial charge < -0.3 is 20.8 Å². The summed E-state index contributed by atoms with van der Waals surface area (Å²) in [5.74, 6) is -1.27. The maximum atomic E-state index is 11.9. The van der Waals surface area contributed by atoms with E-state index in [1.807, 2.05) is 27.7 Å². The Labute approximate surface area is 201 Å². The third-order valence-electron chi connectivity index (χ3n) is 3.64. The standard InChI is InChI=1S/C17H32N2O5.2Na.2H/c1-11(2)5-13(7-15(20)21)9-18-17(24)19-10-14(6-12(3)4)8-16(22)23;;;;/h11-14H,5-10H2,1-4H3,(H,20,21)(H,22,23)(H2,18,19,24);;;;. The van der Waals surface area contributed by atoms with Crippen molar-refractivity contribution in [2.75, 3.05) is 13.1 Å². The molecule has 0 radical (unpaired) electrons. The fourth-order valence-corrected chi connectivity index (χ4v) is 2.84. The second-order valence-corrected chi connectivity index (χ2v) is 7.28. The van der Waals surface area contributed by atoms with Crippen molar-refractivity contribution in [3.05, 3.63) is 0 Å². The number of carboxylic acid groups (broad SMARTS) is 2. The molecule has 0 aromatic rings. The number of urea groups is 1. The maximum absolute atomic E-state index is 11.9. The van der Waals surface area contributed by atoms with E-state index < -0.39 is 11.9 Å². The van der Waals surface area contributed by atoms with Gasteiger partial charge in [-0.2, -0.15) is 0 Å². The van der Waals surface area contributed by atoms with Crippen molar-refractivity contribution in [1.82, 2.24) is 10.6 Å². The molecule has 2 amide bonds.